The van der Waals surface area contributed by atoms with E-state index in [1.807, 2.05) is 43.3 Å². The molecule has 0 bridgehead atoms. The minimum atomic E-state index is -0.391. The SMILES string of the molecule is COc1ccccc1[C@@H]1CC(=O)Nc2c1c(=O)nc1c(C)cccn21. The third kappa shape index (κ3) is 2.38. The van der Waals surface area contributed by atoms with Gasteiger partial charge in [-0.05, 0) is 24.6 Å². The Morgan fingerprint density at radius 3 is 2.80 bits per heavy atom. The van der Waals surface area contributed by atoms with Gasteiger partial charge in [0.25, 0.3) is 5.56 Å². The van der Waals surface area contributed by atoms with Gasteiger partial charge in [0, 0.05) is 24.1 Å². The molecule has 4 rings (SSSR count). The van der Waals surface area contributed by atoms with Crippen molar-refractivity contribution in [1.29, 1.82) is 0 Å². The number of ether oxygens (including phenoxy) is 1. The highest BCUT2D eigenvalue weighted by Crippen LogP contribution is 2.38. The monoisotopic (exact) mass is 335 g/mol. The molecule has 6 nitrogen and oxygen atoms in total. The maximum absolute atomic E-state index is 12.8. The fourth-order valence-electron chi connectivity index (χ4n) is 3.45. The predicted molar refractivity (Wildman–Crippen MR) is 94.3 cm³/mol. The number of rotatable bonds is 2. The maximum Gasteiger partial charge on any atom is 0.279 e. The quantitative estimate of drug-likeness (QED) is 0.781. The zero-order valence-corrected chi connectivity index (χ0v) is 13.9. The van der Waals surface area contributed by atoms with Crippen LogP contribution in [0.2, 0.25) is 0 Å². The molecule has 3 aromatic rings. The summed E-state index contributed by atoms with van der Waals surface area (Å²) < 4.78 is 7.20. The first kappa shape index (κ1) is 15.4. The van der Waals surface area contributed by atoms with Crippen molar-refractivity contribution in [2.45, 2.75) is 19.3 Å². The van der Waals surface area contributed by atoms with E-state index in [-0.39, 0.29) is 17.9 Å². The number of fused-ring (bicyclic) bond motifs is 3. The molecular formula is C19H17N3O3. The van der Waals surface area contributed by atoms with Crippen molar-refractivity contribution in [2.75, 3.05) is 12.4 Å². The molecule has 1 aliphatic rings. The number of hydrogen-bond acceptors (Lipinski definition) is 4. The van der Waals surface area contributed by atoms with Crippen LogP contribution in [0.4, 0.5) is 5.82 Å². The lowest BCUT2D eigenvalue weighted by atomic mass is 9.86. The Balaban J connectivity index is 2.04. The van der Waals surface area contributed by atoms with E-state index < -0.39 is 5.92 Å². The Morgan fingerprint density at radius 2 is 2.00 bits per heavy atom. The summed E-state index contributed by atoms with van der Waals surface area (Å²) in [6, 6.07) is 11.2. The molecule has 25 heavy (non-hydrogen) atoms. The number of nitrogens with one attached hydrogen (secondary N) is 1. The molecule has 1 N–H and O–H groups in total. The molecule has 0 saturated heterocycles. The third-order valence-corrected chi connectivity index (χ3v) is 4.61. The van der Waals surface area contributed by atoms with Crippen molar-refractivity contribution < 1.29 is 9.53 Å². The predicted octanol–water partition coefficient (Wildman–Crippen LogP) is 2.49. The fraction of sp³-hybridized carbons (Fsp3) is 0.211. The molecule has 0 radical (unpaired) electrons. The van der Waals surface area contributed by atoms with Gasteiger partial charge in [0.2, 0.25) is 5.91 Å². The van der Waals surface area contributed by atoms with Gasteiger partial charge < -0.3 is 10.1 Å². The van der Waals surface area contributed by atoms with Crippen LogP contribution in [0.3, 0.4) is 0 Å². The number of carbonyl (C=O) groups is 1. The molecule has 126 valence electrons. The Bertz CT molecular complexity index is 1060. The molecular weight excluding hydrogens is 318 g/mol. The van der Waals surface area contributed by atoms with Gasteiger partial charge in [-0.1, -0.05) is 24.3 Å². The van der Waals surface area contributed by atoms with E-state index in [9.17, 15) is 9.59 Å². The number of para-hydroxylation sites is 1. The van der Waals surface area contributed by atoms with E-state index >= 15 is 0 Å². The van der Waals surface area contributed by atoms with Gasteiger partial charge in [-0.15, -0.1) is 0 Å². The van der Waals surface area contributed by atoms with Crippen LogP contribution in [0.1, 0.15) is 29.0 Å². The van der Waals surface area contributed by atoms with Crippen LogP contribution in [0, 0.1) is 6.92 Å². The summed E-state index contributed by atoms with van der Waals surface area (Å²) in [6.45, 7) is 1.89. The fourth-order valence-corrected chi connectivity index (χ4v) is 3.45. The third-order valence-electron chi connectivity index (χ3n) is 4.61. The molecule has 1 amide bonds. The number of hydrogen-bond donors (Lipinski definition) is 1. The van der Waals surface area contributed by atoms with Gasteiger partial charge in [0.05, 0.1) is 12.7 Å². The van der Waals surface area contributed by atoms with Crippen LogP contribution in [0.15, 0.2) is 47.4 Å². The van der Waals surface area contributed by atoms with Gasteiger partial charge >= 0.3 is 0 Å². The molecule has 1 aromatic carbocycles. The zero-order valence-electron chi connectivity index (χ0n) is 13.9. The summed E-state index contributed by atoms with van der Waals surface area (Å²) in [5.74, 6) is 0.620. The molecule has 2 aromatic heterocycles. The second-order valence-corrected chi connectivity index (χ2v) is 6.11. The van der Waals surface area contributed by atoms with Crippen molar-refractivity contribution >= 4 is 17.4 Å². The number of benzene rings is 1. The normalized spacial score (nSPS) is 16.4. The minimum Gasteiger partial charge on any atom is -0.496 e. The van der Waals surface area contributed by atoms with E-state index in [2.05, 4.69) is 10.3 Å². The molecule has 0 aliphatic carbocycles. The highest BCUT2D eigenvalue weighted by Gasteiger charge is 2.33. The van der Waals surface area contributed by atoms with Crippen LogP contribution >= 0.6 is 0 Å². The van der Waals surface area contributed by atoms with Crippen molar-refractivity contribution in [2.24, 2.45) is 0 Å². The first-order valence-electron chi connectivity index (χ1n) is 8.05. The minimum absolute atomic E-state index is 0.135. The largest absolute Gasteiger partial charge is 0.496 e. The summed E-state index contributed by atoms with van der Waals surface area (Å²) in [5.41, 5.74) is 2.41. The lowest BCUT2D eigenvalue weighted by Gasteiger charge is -2.27. The average Bonchev–Trinajstić information content (AvgIpc) is 2.62. The van der Waals surface area contributed by atoms with Gasteiger partial charge in [0.15, 0.2) is 0 Å². The Morgan fingerprint density at radius 1 is 1.20 bits per heavy atom. The molecule has 0 saturated carbocycles. The summed E-state index contributed by atoms with van der Waals surface area (Å²) in [4.78, 5) is 29.4. The summed E-state index contributed by atoms with van der Waals surface area (Å²) >= 11 is 0. The van der Waals surface area contributed by atoms with E-state index in [0.29, 0.717) is 22.8 Å². The smallest absolute Gasteiger partial charge is 0.279 e. The maximum atomic E-state index is 12.8. The van der Waals surface area contributed by atoms with Crippen LogP contribution in [-0.2, 0) is 4.79 Å². The van der Waals surface area contributed by atoms with E-state index in [4.69, 9.17) is 4.74 Å². The molecule has 3 heterocycles. The van der Waals surface area contributed by atoms with Crippen molar-refractivity contribution in [3.8, 4) is 5.75 Å². The Kier molecular flexibility index (Phi) is 3.53. The van der Waals surface area contributed by atoms with Gasteiger partial charge in [-0.3, -0.25) is 14.0 Å². The summed E-state index contributed by atoms with van der Waals surface area (Å²) in [5, 5.41) is 2.85. The number of aryl methyl sites for hydroxylation is 1. The highest BCUT2D eigenvalue weighted by molar-refractivity contribution is 5.94. The second-order valence-electron chi connectivity index (χ2n) is 6.11. The van der Waals surface area contributed by atoms with Crippen molar-refractivity contribution in [3.05, 3.63) is 69.6 Å². The van der Waals surface area contributed by atoms with Crippen LogP contribution < -0.4 is 15.6 Å². The summed E-state index contributed by atoms with van der Waals surface area (Å²) in [7, 11) is 1.58. The lowest BCUT2D eigenvalue weighted by molar-refractivity contribution is -0.116. The number of aromatic nitrogens is 2. The highest BCUT2D eigenvalue weighted by atomic mass is 16.5. The van der Waals surface area contributed by atoms with Crippen molar-refractivity contribution in [3.63, 3.8) is 0 Å². The number of pyridine rings is 1. The molecule has 6 heteroatoms. The van der Waals surface area contributed by atoms with Gasteiger partial charge in [-0.25, -0.2) is 0 Å². The molecule has 1 aliphatic heterocycles. The summed E-state index contributed by atoms with van der Waals surface area (Å²) in [6.07, 6.45) is 1.99. The Labute approximate surface area is 144 Å². The number of carbonyl (C=O) groups excluding carboxylic acids is 1. The molecule has 1 atom stereocenters. The molecule has 0 spiro atoms. The van der Waals surface area contributed by atoms with E-state index in [1.165, 1.54) is 0 Å². The topological polar surface area (TPSA) is 72.7 Å². The number of amides is 1. The Hall–Kier alpha value is -3.15. The number of anilines is 1. The average molecular weight is 335 g/mol. The first-order chi connectivity index (χ1) is 12.1. The van der Waals surface area contributed by atoms with E-state index in [1.54, 1.807) is 17.7 Å². The lowest BCUT2D eigenvalue weighted by Crippen LogP contribution is -2.32. The van der Waals surface area contributed by atoms with Crippen molar-refractivity contribution in [1.82, 2.24) is 9.38 Å². The second kappa shape index (κ2) is 5.73. The first-order valence-corrected chi connectivity index (χ1v) is 8.05. The van der Waals surface area contributed by atoms with Crippen LogP contribution in [0.25, 0.3) is 5.65 Å². The number of methoxy groups -OCH3 is 1. The van der Waals surface area contributed by atoms with Crippen LogP contribution in [0.5, 0.6) is 5.75 Å². The van der Waals surface area contributed by atoms with Crippen LogP contribution in [-0.4, -0.2) is 22.4 Å². The molecule has 0 fully saturated rings. The zero-order chi connectivity index (χ0) is 17.6. The van der Waals surface area contributed by atoms with Gasteiger partial charge in [0.1, 0.15) is 17.2 Å². The van der Waals surface area contributed by atoms with E-state index in [0.717, 1.165) is 11.1 Å². The number of nitrogens with zero attached hydrogens (tertiary/aromatic N) is 2. The molecule has 0 unspecified atom stereocenters. The standard InChI is InChI=1S/C19H17N3O3/c1-11-6-5-9-22-17(11)21-19(24)16-13(10-15(23)20-18(16)22)12-7-3-4-8-14(12)25-2/h3-9,13H,10H2,1-2H3,(H,20,23)/t13-/m0/s1. The van der Waals surface area contributed by atoms with Gasteiger partial charge in [-0.2, -0.15) is 4.98 Å².